The van der Waals surface area contributed by atoms with Crippen molar-refractivity contribution in [2.45, 2.75) is 159 Å². The molecule has 4 aromatic rings. The summed E-state index contributed by atoms with van der Waals surface area (Å²) in [4.78, 5) is 90.1. The molecular formula is C74H99N15O7Si. The topological polar surface area (TPSA) is 313 Å². The first-order chi connectivity index (χ1) is 47.0. The van der Waals surface area contributed by atoms with Gasteiger partial charge in [0.25, 0.3) is 0 Å². The first-order valence-electron chi connectivity index (χ1n) is 34.3. The van der Waals surface area contributed by atoms with E-state index >= 15 is 0 Å². The summed E-state index contributed by atoms with van der Waals surface area (Å²) in [5.74, 6) is -0.343. The first kappa shape index (κ1) is 76.8. The summed E-state index contributed by atoms with van der Waals surface area (Å²) in [6.07, 6.45) is 23.6. The third-order valence-corrected chi connectivity index (χ3v) is 19.8. The molecule has 0 saturated carbocycles. The number of carbonyl (C=O) groups is 6. The highest BCUT2D eigenvalue weighted by atomic mass is 28.3. The second-order valence-electron chi connectivity index (χ2n) is 26.1. The SMILES string of the molecule is CCNC(=O)[C@H](Cc1ccccc1)N1CC[C@@H](C2C=CC=CC2)C[C@H](N=[N+]=[N-])C1=O.CCNC(=O)[C@H](Cc1ccccc1)N1CC[C@H](C2C=CC=CC2)C[C@H](N=[N+]=[N-])C1=O.CCNC(=O)[C@H](Cc1ccccc1)NCCC(C[C@H](N=[N+]=[N-])C(=O)OCC[Si](C)(C)C)c1ccccc1. The maximum Gasteiger partial charge on any atom is 0.314 e. The molecule has 2 aliphatic carbocycles. The maximum absolute atomic E-state index is 13.4. The number of allylic oxidation sites excluding steroid dienone is 8. The van der Waals surface area contributed by atoms with E-state index in [-0.39, 0.29) is 53.3 Å². The van der Waals surface area contributed by atoms with E-state index in [0.717, 1.165) is 54.0 Å². The second-order valence-corrected chi connectivity index (χ2v) is 31.7. The number of hydrogen-bond acceptors (Lipinski definition) is 11. The molecule has 2 aliphatic heterocycles. The van der Waals surface area contributed by atoms with Gasteiger partial charge in [-0.3, -0.25) is 28.8 Å². The van der Waals surface area contributed by atoms with Gasteiger partial charge in [-0.2, -0.15) is 0 Å². The quantitative estimate of drug-likeness (QED) is 0.0128. The lowest BCUT2D eigenvalue weighted by Gasteiger charge is -2.31. The van der Waals surface area contributed by atoms with Crippen LogP contribution in [0.5, 0.6) is 0 Å². The molecule has 0 spiro atoms. The minimum absolute atomic E-state index is 0.0412. The molecule has 4 aromatic carbocycles. The van der Waals surface area contributed by atoms with Crippen LogP contribution in [0.15, 0.2) is 185 Å². The number of carbonyl (C=O) groups excluding carboxylic acids is 6. The van der Waals surface area contributed by atoms with E-state index in [1.165, 1.54) is 0 Å². The van der Waals surface area contributed by atoms with Crippen molar-refractivity contribution >= 4 is 43.6 Å². The van der Waals surface area contributed by atoms with Crippen LogP contribution in [0.3, 0.4) is 0 Å². The molecule has 3 unspecified atom stereocenters. The Bertz CT molecular complexity index is 3260. The largest absolute Gasteiger partial charge is 0.466 e. The van der Waals surface area contributed by atoms with Crippen molar-refractivity contribution in [2.24, 2.45) is 39.0 Å². The minimum Gasteiger partial charge on any atom is -0.466 e. The van der Waals surface area contributed by atoms with E-state index in [0.29, 0.717) is 103 Å². The lowest BCUT2D eigenvalue weighted by Crippen LogP contribution is -2.52. The average Bonchev–Trinajstić information content (AvgIpc) is 1.74. The molecule has 2 fully saturated rings. The van der Waals surface area contributed by atoms with Crippen molar-refractivity contribution in [3.8, 4) is 0 Å². The number of likely N-dealkylation sites (N-methyl/N-ethyl adjacent to an activating group) is 3. The number of esters is 1. The van der Waals surface area contributed by atoms with Crippen LogP contribution in [0.1, 0.15) is 100 Å². The Kier molecular flexibility index (Phi) is 33.0. The summed E-state index contributed by atoms with van der Waals surface area (Å²) >= 11 is 0. The molecule has 11 atom stereocenters. The predicted octanol–water partition coefficient (Wildman–Crippen LogP) is 13.0. The third kappa shape index (κ3) is 25.7. The second kappa shape index (κ2) is 41.7. The summed E-state index contributed by atoms with van der Waals surface area (Å²) in [6.45, 7) is 15.7. The van der Waals surface area contributed by atoms with Gasteiger partial charge in [0, 0.05) is 68.4 Å². The van der Waals surface area contributed by atoms with Crippen molar-refractivity contribution in [3.63, 3.8) is 0 Å². The van der Waals surface area contributed by atoms with Gasteiger partial charge in [0.2, 0.25) is 29.5 Å². The number of amides is 5. The zero-order valence-corrected chi connectivity index (χ0v) is 58.2. The Morgan fingerprint density at radius 1 is 0.588 bits per heavy atom. The van der Waals surface area contributed by atoms with Gasteiger partial charge in [-0.15, -0.1) is 0 Å². The number of ether oxygens (including phenoxy) is 1. The van der Waals surface area contributed by atoms with E-state index in [9.17, 15) is 28.8 Å². The van der Waals surface area contributed by atoms with Crippen molar-refractivity contribution in [1.29, 1.82) is 0 Å². The van der Waals surface area contributed by atoms with Crippen LogP contribution in [0, 0.1) is 23.7 Å². The summed E-state index contributed by atoms with van der Waals surface area (Å²) in [5, 5.41) is 23.5. The Hall–Kier alpha value is -9.23. The molecule has 516 valence electrons. The summed E-state index contributed by atoms with van der Waals surface area (Å²) in [5.41, 5.74) is 31.4. The molecule has 2 saturated heterocycles. The number of likely N-dealkylation sites (tertiary alicyclic amines) is 2. The van der Waals surface area contributed by atoms with E-state index in [4.69, 9.17) is 21.3 Å². The number of nitrogens with zero attached hydrogens (tertiary/aromatic N) is 11. The van der Waals surface area contributed by atoms with E-state index in [1.807, 2.05) is 166 Å². The van der Waals surface area contributed by atoms with Gasteiger partial charge in [0.05, 0.1) is 12.6 Å². The lowest BCUT2D eigenvalue weighted by molar-refractivity contribution is -0.145. The number of hydrogen-bond donors (Lipinski definition) is 4. The number of rotatable bonds is 30. The standard InChI is InChI=1S/C28H41N5O3Si.2C23H29N5O2/c1-5-30-27(34)25(20-22-12-8-6-9-13-22)31-17-16-24(23-14-10-7-11-15-23)21-26(32-33-29)28(35)36-18-19-37(2,3)4;2*1-2-25-22(29)21(15-17-9-5-3-6-10-17)28-14-13-19(18-11-7-4-8-12-18)16-20(23(28)30)26-27-24/h6-15,24-26,31H,5,16-21H2,1-4H3,(H,30,34);2*3-11,18-21H,2,12-16H2,1H3,(H,25,29)/t24?,25-,26-;18?,19-,20+,21+;18?,19-,20-,21-/m010/s1. The zero-order chi connectivity index (χ0) is 69.8. The smallest absolute Gasteiger partial charge is 0.314 e. The first-order valence-corrected chi connectivity index (χ1v) is 38.0. The molecule has 4 N–H and O–H groups in total. The van der Waals surface area contributed by atoms with Crippen LogP contribution < -0.4 is 21.3 Å². The number of benzene rings is 4. The van der Waals surface area contributed by atoms with Crippen molar-refractivity contribution < 1.29 is 33.5 Å². The fourth-order valence-electron chi connectivity index (χ4n) is 12.8. The van der Waals surface area contributed by atoms with Gasteiger partial charge in [-0.05, 0) is 160 Å². The number of azide groups is 3. The lowest BCUT2D eigenvalue weighted by atomic mass is 9.81. The number of nitrogens with one attached hydrogen (secondary N) is 4. The Morgan fingerprint density at radius 2 is 1.02 bits per heavy atom. The molecular weight excluding hydrogens is 1240 g/mol. The molecule has 5 amide bonds. The van der Waals surface area contributed by atoms with E-state index in [1.54, 1.807) is 9.80 Å². The van der Waals surface area contributed by atoms with Gasteiger partial charge in [0.1, 0.15) is 30.2 Å². The third-order valence-electron chi connectivity index (χ3n) is 18.1. The van der Waals surface area contributed by atoms with Crippen LogP contribution in [0.25, 0.3) is 31.3 Å². The van der Waals surface area contributed by atoms with Gasteiger partial charge < -0.3 is 35.8 Å². The van der Waals surface area contributed by atoms with E-state index in [2.05, 4.69) is 95.3 Å². The molecule has 22 nitrogen and oxygen atoms in total. The predicted molar refractivity (Wildman–Crippen MR) is 384 cm³/mol. The fourth-order valence-corrected chi connectivity index (χ4v) is 13.6. The normalized spacial score (nSPS) is 20.4. The van der Waals surface area contributed by atoms with Gasteiger partial charge in [-0.1, -0.05) is 205 Å². The Labute approximate surface area is 573 Å². The molecule has 8 rings (SSSR count). The van der Waals surface area contributed by atoms with Gasteiger partial charge in [0.15, 0.2) is 0 Å². The highest BCUT2D eigenvalue weighted by Crippen LogP contribution is 2.35. The van der Waals surface area contributed by atoms with Gasteiger partial charge in [-0.25, -0.2) is 0 Å². The highest BCUT2D eigenvalue weighted by Gasteiger charge is 2.41. The van der Waals surface area contributed by atoms with Crippen LogP contribution >= 0.6 is 0 Å². The Balaban J connectivity index is 0.000000231. The van der Waals surface area contributed by atoms with E-state index < -0.39 is 44.3 Å². The highest BCUT2D eigenvalue weighted by molar-refractivity contribution is 6.76. The van der Waals surface area contributed by atoms with Crippen LogP contribution in [-0.4, -0.2) is 136 Å². The van der Waals surface area contributed by atoms with Gasteiger partial charge >= 0.3 is 5.97 Å². The van der Waals surface area contributed by atoms with Crippen molar-refractivity contribution in [2.75, 3.05) is 45.9 Å². The Morgan fingerprint density at radius 3 is 1.42 bits per heavy atom. The van der Waals surface area contributed by atoms with Crippen LogP contribution in [-0.2, 0) is 52.8 Å². The maximum atomic E-state index is 13.4. The molecule has 23 heteroatoms. The summed E-state index contributed by atoms with van der Waals surface area (Å²) in [7, 11) is -1.36. The van der Waals surface area contributed by atoms with Crippen molar-refractivity contribution in [1.82, 2.24) is 31.1 Å². The summed E-state index contributed by atoms with van der Waals surface area (Å²) < 4.78 is 5.50. The molecule has 97 heavy (non-hydrogen) atoms. The summed E-state index contributed by atoms with van der Waals surface area (Å²) in [6, 6.07) is 36.0. The van der Waals surface area contributed by atoms with Crippen LogP contribution in [0.4, 0.5) is 0 Å². The molecule has 0 aromatic heterocycles. The molecule has 2 heterocycles. The fraction of sp³-hybridized carbons (Fsp3) is 0.486. The van der Waals surface area contributed by atoms with Crippen LogP contribution in [0.2, 0.25) is 25.7 Å². The zero-order valence-electron chi connectivity index (χ0n) is 57.2. The monoisotopic (exact) mass is 1340 g/mol. The molecule has 0 bridgehead atoms. The minimum atomic E-state index is -1.36. The molecule has 4 aliphatic rings. The molecule has 0 radical (unpaired) electrons. The average molecular weight is 1340 g/mol. The van der Waals surface area contributed by atoms with Crippen molar-refractivity contribution in [3.05, 3.63) is 224 Å².